The molecular weight excluding hydrogens is 279 g/mol. The number of alkyl halides is 3. The zero-order valence-electron chi connectivity index (χ0n) is 12.4. The highest BCUT2D eigenvalue weighted by Crippen LogP contribution is 2.34. The molecule has 0 aromatic heterocycles. The van der Waals surface area contributed by atoms with Crippen molar-refractivity contribution in [3.63, 3.8) is 0 Å². The minimum atomic E-state index is -4.63. The number of hydrogen-bond donors (Lipinski definition) is 1. The molecular formula is C16H22F3NO. The fourth-order valence-corrected chi connectivity index (χ4v) is 3.32. The first-order valence-corrected chi connectivity index (χ1v) is 7.41. The Bertz CT molecular complexity index is 444. The van der Waals surface area contributed by atoms with Crippen LogP contribution < -0.4 is 10.1 Å². The molecule has 5 heteroatoms. The van der Waals surface area contributed by atoms with Crippen LogP contribution in [0.1, 0.15) is 31.7 Å². The zero-order valence-corrected chi connectivity index (χ0v) is 12.4. The van der Waals surface area contributed by atoms with E-state index in [1.165, 1.54) is 31.4 Å². The molecule has 1 aliphatic carbocycles. The van der Waals surface area contributed by atoms with Gasteiger partial charge in [-0.2, -0.15) is 0 Å². The summed E-state index contributed by atoms with van der Waals surface area (Å²) < 4.78 is 40.3. The number of halogens is 3. The van der Waals surface area contributed by atoms with Crippen LogP contribution >= 0.6 is 0 Å². The number of benzene rings is 1. The first-order chi connectivity index (χ1) is 9.89. The summed E-state index contributed by atoms with van der Waals surface area (Å²) in [4.78, 5) is 0. The van der Waals surface area contributed by atoms with E-state index in [-0.39, 0.29) is 5.75 Å². The Labute approximate surface area is 123 Å². The van der Waals surface area contributed by atoms with Crippen molar-refractivity contribution in [2.45, 2.75) is 45.0 Å². The molecule has 2 nitrogen and oxygen atoms in total. The summed E-state index contributed by atoms with van der Waals surface area (Å²) in [7, 11) is 1.96. The van der Waals surface area contributed by atoms with Crippen LogP contribution in [0.4, 0.5) is 13.2 Å². The second kappa shape index (κ2) is 6.69. The summed E-state index contributed by atoms with van der Waals surface area (Å²) >= 11 is 0. The molecule has 21 heavy (non-hydrogen) atoms. The van der Waals surface area contributed by atoms with Gasteiger partial charge in [0.25, 0.3) is 0 Å². The lowest BCUT2D eigenvalue weighted by molar-refractivity contribution is -0.274. The van der Waals surface area contributed by atoms with Crippen LogP contribution in [-0.2, 0) is 6.42 Å². The number of rotatable bonds is 5. The first kappa shape index (κ1) is 16.1. The summed E-state index contributed by atoms with van der Waals surface area (Å²) in [6.07, 6.45) is -0.0440. The van der Waals surface area contributed by atoms with Crippen molar-refractivity contribution in [1.82, 2.24) is 5.32 Å². The lowest BCUT2D eigenvalue weighted by Gasteiger charge is -2.26. The van der Waals surface area contributed by atoms with Gasteiger partial charge in [0.05, 0.1) is 0 Å². The number of likely N-dealkylation sites (N-methyl/N-ethyl adjacent to an activating group) is 1. The lowest BCUT2D eigenvalue weighted by atomic mass is 9.86. The van der Waals surface area contributed by atoms with Crippen molar-refractivity contribution in [3.05, 3.63) is 29.8 Å². The SMILES string of the molecule is CNC(Cc1ccc(OC(F)(F)F)cc1)C1CCCC1C. The molecule has 0 aliphatic heterocycles. The van der Waals surface area contributed by atoms with Crippen LogP contribution in [0, 0.1) is 11.8 Å². The number of hydrogen-bond acceptors (Lipinski definition) is 2. The average molecular weight is 301 g/mol. The van der Waals surface area contributed by atoms with Crippen LogP contribution in [0.15, 0.2) is 24.3 Å². The third-order valence-electron chi connectivity index (χ3n) is 4.43. The molecule has 1 fully saturated rings. The standard InChI is InChI=1S/C16H22F3NO/c1-11-4-3-5-14(11)15(20-2)10-12-6-8-13(9-7-12)21-16(17,18)19/h6-9,11,14-15,20H,3-5,10H2,1-2H3. The van der Waals surface area contributed by atoms with Gasteiger partial charge in [0.1, 0.15) is 5.75 Å². The third kappa shape index (κ3) is 4.63. The van der Waals surface area contributed by atoms with Gasteiger partial charge in [-0.05, 0) is 49.4 Å². The summed E-state index contributed by atoms with van der Waals surface area (Å²) in [6.45, 7) is 2.28. The summed E-state index contributed by atoms with van der Waals surface area (Å²) in [5, 5.41) is 3.36. The second-order valence-electron chi connectivity index (χ2n) is 5.86. The van der Waals surface area contributed by atoms with E-state index in [2.05, 4.69) is 17.0 Å². The highest BCUT2D eigenvalue weighted by molar-refractivity contribution is 5.28. The van der Waals surface area contributed by atoms with Crippen molar-refractivity contribution in [3.8, 4) is 5.75 Å². The molecule has 1 aliphatic rings. The highest BCUT2D eigenvalue weighted by Gasteiger charge is 2.31. The predicted octanol–water partition coefficient (Wildman–Crippen LogP) is 4.15. The quantitative estimate of drug-likeness (QED) is 0.882. The Morgan fingerprint density at radius 2 is 1.90 bits per heavy atom. The summed E-state index contributed by atoms with van der Waals surface area (Å²) in [6, 6.07) is 6.56. The van der Waals surface area contributed by atoms with Gasteiger partial charge < -0.3 is 10.1 Å². The van der Waals surface area contributed by atoms with Crippen LogP contribution in [0.5, 0.6) is 5.75 Å². The molecule has 118 valence electrons. The number of nitrogens with one attached hydrogen (secondary N) is 1. The Balaban J connectivity index is 1.98. The highest BCUT2D eigenvalue weighted by atomic mass is 19.4. The van der Waals surface area contributed by atoms with Gasteiger partial charge in [-0.25, -0.2) is 0 Å². The van der Waals surface area contributed by atoms with Crippen LogP contribution in [0.2, 0.25) is 0 Å². The normalized spacial score (nSPS) is 24.0. The Morgan fingerprint density at radius 1 is 1.24 bits per heavy atom. The van der Waals surface area contributed by atoms with Gasteiger partial charge in [0.15, 0.2) is 0 Å². The summed E-state index contributed by atoms with van der Waals surface area (Å²) in [5.41, 5.74) is 1.03. The molecule has 2 rings (SSSR count). The molecule has 1 aromatic carbocycles. The van der Waals surface area contributed by atoms with Gasteiger partial charge in [-0.15, -0.1) is 13.2 Å². The molecule has 1 N–H and O–H groups in total. The van der Waals surface area contributed by atoms with Crippen LogP contribution in [-0.4, -0.2) is 19.5 Å². The third-order valence-corrected chi connectivity index (χ3v) is 4.43. The monoisotopic (exact) mass is 301 g/mol. The van der Waals surface area contributed by atoms with E-state index in [0.29, 0.717) is 17.9 Å². The Hall–Kier alpha value is -1.23. The molecule has 0 radical (unpaired) electrons. The molecule has 0 saturated heterocycles. The van der Waals surface area contributed by atoms with E-state index in [9.17, 15) is 13.2 Å². The van der Waals surface area contributed by atoms with Crippen LogP contribution in [0.25, 0.3) is 0 Å². The van der Waals surface area contributed by atoms with E-state index < -0.39 is 6.36 Å². The van der Waals surface area contributed by atoms with Gasteiger partial charge in [-0.1, -0.05) is 31.9 Å². The predicted molar refractivity (Wildman–Crippen MR) is 76.2 cm³/mol. The summed E-state index contributed by atoms with van der Waals surface area (Å²) in [5.74, 6) is 1.18. The van der Waals surface area contributed by atoms with Crippen molar-refractivity contribution in [2.24, 2.45) is 11.8 Å². The van der Waals surface area contributed by atoms with E-state index in [1.807, 2.05) is 7.05 Å². The van der Waals surface area contributed by atoms with Gasteiger partial charge in [0, 0.05) is 6.04 Å². The molecule has 1 aromatic rings. The molecule has 3 atom stereocenters. The molecule has 0 spiro atoms. The smallest absolute Gasteiger partial charge is 0.406 e. The average Bonchev–Trinajstić information content (AvgIpc) is 2.82. The first-order valence-electron chi connectivity index (χ1n) is 7.41. The van der Waals surface area contributed by atoms with Crippen molar-refractivity contribution in [2.75, 3.05) is 7.05 Å². The number of ether oxygens (including phenoxy) is 1. The molecule has 0 bridgehead atoms. The zero-order chi connectivity index (χ0) is 15.5. The van der Waals surface area contributed by atoms with Crippen molar-refractivity contribution < 1.29 is 17.9 Å². The maximum Gasteiger partial charge on any atom is 0.573 e. The largest absolute Gasteiger partial charge is 0.573 e. The van der Waals surface area contributed by atoms with E-state index in [1.54, 1.807) is 12.1 Å². The molecule has 0 amide bonds. The molecule has 1 saturated carbocycles. The maximum atomic E-state index is 12.1. The van der Waals surface area contributed by atoms with Crippen LogP contribution in [0.3, 0.4) is 0 Å². The minimum absolute atomic E-state index is 0.165. The maximum absolute atomic E-state index is 12.1. The fourth-order valence-electron chi connectivity index (χ4n) is 3.32. The lowest BCUT2D eigenvalue weighted by Crippen LogP contribution is -2.36. The van der Waals surface area contributed by atoms with Gasteiger partial charge in [0.2, 0.25) is 0 Å². The van der Waals surface area contributed by atoms with Crippen molar-refractivity contribution in [1.29, 1.82) is 0 Å². The van der Waals surface area contributed by atoms with Gasteiger partial charge in [-0.3, -0.25) is 0 Å². The molecule has 3 unspecified atom stereocenters. The van der Waals surface area contributed by atoms with Crippen molar-refractivity contribution >= 4 is 0 Å². The van der Waals surface area contributed by atoms with E-state index in [4.69, 9.17) is 0 Å². The minimum Gasteiger partial charge on any atom is -0.406 e. The fraction of sp³-hybridized carbons (Fsp3) is 0.625. The van der Waals surface area contributed by atoms with Gasteiger partial charge >= 0.3 is 6.36 Å². The second-order valence-corrected chi connectivity index (χ2v) is 5.86. The molecule has 0 heterocycles. The Morgan fingerprint density at radius 3 is 2.38 bits per heavy atom. The topological polar surface area (TPSA) is 21.3 Å². The Kier molecular flexibility index (Phi) is 5.14. The van der Waals surface area contributed by atoms with E-state index >= 15 is 0 Å². The van der Waals surface area contributed by atoms with E-state index in [0.717, 1.165) is 12.0 Å².